The van der Waals surface area contributed by atoms with Crippen LogP contribution in [0.2, 0.25) is 5.02 Å². The zero-order valence-corrected chi connectivity index (χ0v) is 25.0. The van der Waals surface area contributed by atoms with E-state index in [9.17, 15) is 9.18 Å². The van der Waals surface area contributed by atoms with Crippen molar-refractivity contribution in [2.75, 3.05) is 18.1 Å². The number of alkyl halides is 1. The van der Waals surface area contributed by atoms with E-state index in [4.69, 9.17) is 30.8 Å². The number of aromatic amines is 1. The van der Waals surface area contributed by atoms with E-state index in [1.165, 1.54) is 19.3 Å². The summed E-state index contributed by atoms with van der Waals surface area (Å²) >= 11 is 6.39. The second-order valence-corrected chi connectivity index (χ2v) is 12.2. The molecule has 224 valence electrons. The number of nitrogens with zero attached hydrogens (tertiary/aromatic N) is 6. The number of pyridine rings is 2. The predicted molar refractivity (Wildman–Crippen MR) is 159 cm³/mol. The van der Waals surface area contributed by atoms with Crippen molar-refractivity contribution < 1.29 is 13.7 Å². The van der Waals surface area contributed by atoms with E-state index in [0.29, 0.717) is 47.4 Å². The number of morpholine rings is 1. The van der Waals surface area contributed by atoms with Crippen LogP contribution in [0.3, 0.4) is 0 Å². The summed E-state index contributed by atoms with van der Waals surface area (Å²) in [4.78, 5) is 31.1. The van der Waals surface area contributed by atoms with Gasteiger partial charge in [-0.2, -0.15) is 0 Å². The second-order valence-electron chi connectivity index (χ2n) is 11.7. The lowest BCUT2D eigenvalue weighted by Crippen LogP contribution is -2.51. The van der Waals surface area contributed by atoms with Gasteiger partial charge in [0.2, 0.25) is 11.8 Å². The standard InChI is InChI=1S/C30H37ClFN7O3/c1-4-19-5-7-20(8-6-19)16-39-27-23(35-29(39)38-9-10-41-25(18(38)3)11-17(2)32)13-24(28-36-30(40)42-37-28)34-26(27)21-12-22(31)15-33-14-21/h12-15,17-20,25H,4-11,16H2,1-3H3,(H,36,37,40). The maximum absolute atomic E-state index is 14.1. The topological polar surface area (TPSA) is 115 Å². The minimum Gasteiger partial charge on any atom is -0.374 e. The van der Waals surface area contributed by atoms with Crippen LogP contribution in [0.25, 0.3) is 33.8 Å². The Morgan fingerprint density at radius 3 is 2.64 bits per heavy atom. The summed E-state index contributed by atoms with van der Waals surface area (Å²) in [7, 11) is 0. The van der Waals surface area contributed by atoms with Gasteiger partial charge in [-0.05, 0) is 50.7 Å². The zero-order chi connectivity index (χ0) is 29.4. The van der Waals surface area contributed by atoms with Gasteiger partial charge < -0.3 is 14.2 Å². The molecule has 0 amide bonds. The van der Waals surface area contributed by atoms with E-state index >= 15 is 0 Å². The molecule has 42 heavy (non-hydrogen) atoms. The van der Waals surface area contributed by atoms with Crippen molar-refractivity contribution in [3.8, 4) is 22.8 Å². The van der Waals surface area contributed by atoms with Crippen molar-refractivity contribution >= 4 is 28.6 Å². The first-order chi connectivity index (χ1) is 20.3. The van der Waals surface area contributed by atoms with Crippen molar-refractivity contribution in [3.63, 3.8) is 0 Å². The molecule has 2 aliphatic rings. The van der Waals surface area contributed by atoms with Crippen LogP contribution in [0, 0.1) is 11.8 Å². The minimum atomic E-state index is -0.969. The van der Waals surface area contributed by atoms with E-state index in [-0.39, 0.29) is 18.0 Å². The van der Waals surface area contributed by atoms with Gasteiger partial charge in [0.25, 0.3) is 0 Å². The van der Waals surface area contributed by atoms with Gasteiger partial charge in [0.15, 0.2) is 0 Å². The lowest BCUT2D eigenvalue weighted by atomic mass is 9.81. The average molecular weight is 598 g/mol. The normalized spacial score (nSPS) is 23.9. The van der Waals surface area contributed by atoms with Gasteiger partial charge in [-0.3, -0.25) is 14.5 Å². The first-order valence-electron chi connectivity index (χ1n) is 14.9. The number of hydrogen-bond donors (Lipinski definition) is 1. The van der Waals surface area contributed by atoms with Crippen molar-refractivity contribution in [2.24, 2.45) is 11.8 Å². The second kappa shape index (κ2) is 12.1. The van der Waals surface area contributed by atoms with Crippen LogP contribution >= 0.6 is 11.6 Å². The molecule has 1 saturated heterocycles. The van der Waals surface area contributed by atoms with Crippen LogP contribution in [0.1, 0.15) is 59.3 Å². The molecule has 12 heteroatoms. The zero-order valence-electron chi connectivity index (χ0n) is 24.2. The SMILES string of the molecule is CCC1CCC(Cn2c(N3CCOC(CC(C)F)C3C)nc3cc(-c4noc(=O)[nH]4)nc(-c4cncc(Cl)c4)c32)CC1. The van der Waals surface area contributed by atoms with Crippen molar-refractivity contribution in [1.82, 2.24) is 29.7 Å². The monoisotopic (exact) mass is 597 g/mol. The van der Waals surface area contributed by atoms with Crippen LogP contribution in [0.5, 0.6) is 0 Å². The molecule has 1 N–H and O–H groups in total. The molecule has 1 saturated carbocycles. The summed E-state index contributed by atoms with van der Waals surface area (Å²) in [6.07, 6.45) is 8.37. The third-order valence-corrected chi connectivity index (χ3v) is 9.06. The number of nitrogens with one attached hydrogen (secondary N) is 1. The number of aromatic nitrogens is 6. The van der Waals surface area contributed by atoms with E-state index in [1.54, 1.807) is 19.3 Å². The lowest BCUT2D eigenvalue weighted by Gasteiger charge is -2.40. The molecule has 5 heterocycles. The molecule has 0 aromatic carbocycles. The summed E-state index contributed by atoms with van der Waals surface area (Å²) in [5.41, 5.74) is 3.33. The summed E-state index contributed by atoms with van der Waals surface area (Å²) in [5.74, 6) is 1.62. The summed E-state index contributed by atoms with van der Waals surface area (Å²) < 4.78 is 27.2. The molecule has 4 aromatic heterocycles. The first kappa shape index (κ1) is 28.8. The molecule has 10 nitrogen and oxygen atoms in total. The smallest absolute Gasteiger partial charge is 0.374 e. The van der Waals surface area contributed by atoms with Crippen molar-refractivity contribution in [1.29, 1.82) is 0 Å². The quantitative estimate of drug-likeness (QED) is 0.261. The molecular formula is C30H37ClFN7O3. The molecule has 2 fully saturated rings. The number of anilines is 1. The number of rotatable bonds is 8. The van der Waals surface area contributed by atoms with E-state index in [1.807, 2.05) is 12.1 Å². The van der Waals surface area contributed by atoms with Crippen molar-refractivity contribution in [2.45, 2.75) is 84.2 Å². The fraction of sp³-hybridized carbons (Fsp3) is 0.567. The first-order valence-corrected chi connectivity index (χ1v) is 15.3. The molecule has 3 atom stereocenters. The molecule has 1 aliphatic heterocycles. The van der Waals surface area contributed by atoms with E-state index < -0.39 is 11.9 Å². The van der Waals surface area contributed by atoms with Gasteiger partial charge in [-0.1, -0.05) is 42.9 Å². The van der Waals surface area contributed by atoms with E-state index in [0.717, 1.165) is 42.3 Å². The van der Waals surface area contributed by atoms with Gasteiger partial charge >= 0.3 is 5.76 Å². The molecule has 6 rings (SSSR count). The fourth-order valence-electron chi connectivity index (χ4n) is 6.53. The van der Waals surface area contributed by atoms with Crippen LogP contribution in [0.15, 0.2) is 33.8 Å². The molecule has 4 aromatic rings. The summed E-state index contributed by atoms with van der Waals surface area (Å²) in [6.45, 7) is 7.82. The average Bonchev–Trinajstić information content (AvgIpc) is 3.57. The number of fused-ring (bicyclic) bond motifs is 1. The highest BCUT2D eigenvalue weighted by Crippen LogP contribution is 2.38. The third kappa shape index (κ3) is 5.81. The van der Waals surface area contributed by atoms with Crippen LogP contribution < -0.4 is 10.7 Å². The van der Waals surface area contributed by atoms with Gasteiger partial charge in [0.05, 0.1) is 46.7 Å². The molecule has 0 bridgehead atoms. The number of H-pyrrole nitrogens is 1. The Morgan fingerprint density at radius 2 is 1.95 bits per heavy atom. The van der Waals surface area contributed by atoms with Gasteiger partial charge in [0.1, 0.15) is 5.69 Å². The Balaban J connectivity index is 1.53. The Labute approximate surface area is 248 Å². The minimum absolute atomic E-state index is 0.0843. The van der Waals surface area contributed by atoms with Gasteiger partial charge in [-0.15, -0.1) is 0 Å². The third-order valence-electron chi connectivity index (χ3n) is 8.86. The van der Waals surface area contributed by atoms with E-state index in [2.05, 4.69) is 38.4 Å². The number of hydrogen-bond acceptors (Lipinski definition) is 8. The number of halogens is 2. The Hall–Kier alpha value is -3.31. The van der Waals surface area contributed by atoms with Crippen LogP contribution in [-0.2, 0) is 11.3 Å². The molecule has 0 radical (unpaired) electrons. The highest BCUT2D eigenvalue weighted by atomic mass is 35.5. The summed E-state index contributed by atoms with van der Waals surface area (Å²) in [5, 5.41) is 4.36. The molecular weight excluding hydrogens is 561 g/mol. The predicted octanol–water partition coefficient (Wildman–Crippen LogP) is 6.05. The molecule has 3 unspecified atom stereocenters. The van der Waals surface area contributed by atoms with Crippen LogP contribution in [-0.4, -0.2) is 61.1 Å². The molecule has 1 aliphatic carbocycles. The Bertz CT molecular complexity index is 1590. The van der Waals surface area contributed by atoms with Crippen LogP contribution in [0.4, 0.5) is 10.3 Å². The maximum Gasteiger partial charge on any atom is 0.439 e. The molecule has 0 spiro atoms. The Kier molecular flexibility index (Phi) is 8.31. The fourth-order valence-corrected chi connectivity index (χ4v) is 6.71. The Morgan fingerprint density at radius 1 is 1.17 bits per heavy atom. The summed E-state index contributed by atoms with van der Waals surface area (Å²) in [6, 6.07) is 3.56. The largest absolute Gasteiger partial charge is 0.439 e. The highest BCUT2D eigenvalue weighted by Gasteiger charge is 2.34. The van der Waals surface area contributed by atoms with Crippen molar-refractivity contribution in [3.05, 3.63) is 40.1 Å². The number of ether oxygens (including phenoxy) is 1. The van der Waals surface area contributed by atoms with Gasteiger partial charge in [-0.25, -0.2) is 19.2 Å². The lowest BCUT2D eigenvalue weighted by molar-refractivity contribution is -0.00204. The van der Waals surface area contributed by atoms with Gasteiger partial charge in [0, 0.05) is 37.5 Å². The maximum atomic E-state index is 14.1. The number of imidazole rings is 1. The highest BCUT2D eigenvalue weighted by molar-refractivity contribution is 6.30.